The first-order valence-electron chi connectivity index (χ1n) is 6.81. The van der Waals surface area contributed by atoms with Crippen LogP contribution >= 0.6 is 0 Å². The van der Waals surface area contributed by atoms with Gasteiger partial charge in [-0.1, -0.05) is 30.3 Å². The van der Waals surface area contributed by atoms with Gasteiger partial charge in [0.2, 0.25) is 5.91 Å². The standard InChI is InChI=1S/C15H21NO5S/c1-15(2,3)22(20,21)10-13(17)16-12(14(18)19)9-11-7-5-4-6-8-11/h4-8,12H,9-10H2,1-3H3,(H,16,17)(H,18,19)/t12-/m0/s1. The summed E-state index contributed by atoms with van der Waals surface area (Å²) in [5.74, 6) is -2.74. The number of aliphatic carboxylic acids is 1. The summed E-state index contributed by atoms with van der Waals surface area (Å²) in [5, 5.41) is 11.5. The fourth-order valence-electron chi connectivity index (χ4n) is 1.67. The van der Waals surface area contributed by atoms with Crippen molar-refractivity contribution in [3.8, 4) is 0 Å². The zero-order valence-corrected chi connectivity index (χ0v) is 13.7. The van der Waals surface area contributed by atoms with Gasteiger partial charge in [0.1, 0.15) is 11.8 Å². The smallest absolute Gasteiger partial charge is 0.326 e. The molecule has 1 atom stereocenters. The number of carboxylic acid groups (broad SMARTS) is 1. The number of carbonyl (C=O) groups is 2. The lowest BCUT2D eigenvalue weighted by atomic mass is 10.1. The zero-order valence-electron chi connectivity index (χ0n) is 12.9. The first kappa shape index (κ1) is 18.2. The van der Waals surface area contributed by atoms with Gasteiger partial charge in [-0.3, -0.25) is 4.79 Å². The average Bonchev–Trinajstić information content (AvgIpc) is 2.37. The van der Waals surface area contributed by atoms with E-state index in [9.17, 15) is 23.1 Å². The number of benzene rings is 1. The molecule has 0 spiro atoms. The number of carbonyl (C=O) groups excluding carboxylic acids is 1. The van der Waals surface area contributed by atoms with E-state index in [1.807, 2.05) is 0 Å². The molecule has 0 aliphatic rings. The first-order valence-corrected chi connectivity index (χ1v) is 8.46. The van der Waals surface area contributed by atoms with Crippen LogP contribution in [-0.2, 0) is 25.8 Å². The number of carboxylic acids is 1. The van der Waals surface area contributed by atoms with Crippen molar-refractivity contribution in [3.05, 3.63) is 35.9 Å². The minimum atomic E-state index is -3.65. The van der Waals surface area contributed by atoms with Gasteiger partial charge in [0.25, 0.3) is 0 Å². The highest BCUT2D eigenvalue weighted by atomic mass is 32.2. The number of amides is 1. The van der Waals surface area contributed by atoms with Crippen molar-refractivity contribution in [2.45, 2.75) is 38.0 Å². The maximum absolute atomic E-state index is 12.0. The van der Waals surface area contributed by atoms with Gasteiger partial charge in [0.15, 0.2) is 9.84 Å². The lowest BCUT2D eigenvalue weighted by molar-refractivity contribution is -0.141. The van der Waals surface area contributed by atoms with Crippen LogP contribution in [0, 0.1) is 0 Å². The van der Waals surface area contributed by atoms with Gasteiger partial charge in [-0.05, 0) is 26.3 Å². The Morgan fingerprint density at radius 1 is 1.18 bits per heavy atom. The van der Waals surface area contributed by atoms with Crippen LogP contribution in [0.2, 0.25) is 0 Å². The second-order valence-electron chi connectivity index (χ2n) is 6.02. The summed E-state index contributed by atoms with van der Waals surface area (Å²) in [4.78, 5) is 23.1. The van der Waals surface area contributed by atoms with Crippen LogP contribution in [-0.4, -0.2) is 41.9 Å². The predicted octanol–water partition coefficient (Wildman–Crippen LogP) is 1.01. The van der Waals surface area contributed by atoms with Gasteiger partial charge in [-0.25, -0.2) is 13.2 Å². The molecule has 1 aromatic rings. The monoisotopic (exact) mass is 327 g/mol. The summed E-state index contributed by atoms with van der Waals surface area (Å²) < 4.78 is 22.9. The molecule has 1 rings (SSSR count). The molecule has 7 heteroatoms. The summed E-state index contributed by atoms with van der Waals surface area (Å²) in [6.07, 6.45) is 0.0947. The van der Waals surface area contributed by atoms with Crippen molar-refractivity contribution in [3.63, 3.8) is 0 Å². The fraction of sp³-hybridized carbons (Fsp3) is 0.467. The summed E-state index contributed by atoms with van der Waals surface area (Å²) in [6.45, 7) is 4.48. The third-order valence-electron chi connectivity index (χ3n) is 3.17. The molecule has 0 saturated carbocycles. The molecule has 1 amide bonds. The van der Waals surface area contributed by atoms with Crippen molar-refractivity contribution in [1.29, 1.82) is 0 Å². The molecule has 0 fully saturated rings. The van der Waals surface area contributed by atoms with Crippen molar-refractivity contribution >= 4 is 21.7 Å². The van der Waals surface area contributed by atoms with Gasteiger partial charge in [0, 0.05) is 6.42 Å². The SMILES string of the molecule is CC(C)(C)S(=O)(=O)CC(=O)N[C@@H](Cc1ccccc1)C(=O)O. The first-order chi connectivity index (χ1) is 10.0. The third-order valence-corrected chi connectivity index (χ3v) is 5.68. The van der Waals surface area contributed by atoms with Crippen LogP contribution < -0.4 is 5.32 Å². The average molecular weight is 327 g/mol. The molecular weight excluding hydrogens is 306 g/mol. The molecule has 0 heterocycles. The molecule has 6 nitrogen and oxygen atoms in total. The molecular formula is C15H21NO5S. The lowest BCUT2D eigenvalue weighted by Gasteiger charge is -2.20. The zero-order chi connectivity index (χ0) is 17.0. The van der Waals surface area contributed by atoms with E-state index in [2.05, 4.69) is 5.32 Å². The predicted molar refractivity (Wildman–Crippen MR) is 83.3 cm³/mol. The molecule has 0 aliphatic carbocycles. The number of hydrogen-bond donors (Lipinski definition) is 2. The summed E-state index contributed by atoms with van der Waals surface area (Å²) in [5.41, 5.74) is 0.744. The molecule has 1 aromatic carbocycles. The number of rotatable bonds is 6. The molecule has 2 N–H and O–H groups in total. The second kappa shape index (κ2) is 6.91. The summed E-state index contributed by atoms with van der Waals surface area (Å²) >= 11 is 0. The topological polar surface area (TPSA) is 101 Å². The number of hydrogen-bond acceptors (Lipinski definition) is 4. The highest BCUT2D eigenvalue weighted by Crippen LogP contribution is 2.15. The van der Waals surface area contributed by atoms with E-state index in [0.717, 1.165) is 5.56 Å². The van der Waals surface area contributed by atoms with Crippen LogP contribution in [0.1, 0.15) is 26.3 Å². The number of nitrogens with one attached hydrogen (secondary N) is 1. The van der Waals surface area contributed by atoms with Crippen molar-refractivity contribution in [1.82, 2.24) is 5.32 Å². The Bertz CT molecular complexity index is 632. The van der Waals surface area contributed by atoms with Crippen LogP contribution in [0.25, 0.3) is 0 Å². The molecule has 0 radical (unpaired) electrons. The van der Waals surface area contributed by atoms with E-state index in [-0.39, 0.29) is 6.42 Å². The third kappa shape index (κ3) is 5.14. The maximum atomic E-state index is 12.0. The van der Waals surface area contributed by atoms with E-state index in [0.29, 0.717) is 0 Å². The van der Waals surface area contributed by atoms with Crippen LogP contribution in [0.15, 0.2) is 30.3 Å². The minimum Gasteiger partial charge on any atom is -0.480 e. The van der Waals surface area contributed by atoms with E-state index >= 15 is 0 Å². The van der Waals surface area contributed by atoms with E-state index in [1.54, 1.807) is 30.3 Å². The van der Waals surface area contributed by atoms with Gasteiger partial charge in [0.05, 0.1) is 4.75 Å². The van der Waals surface area contributed by atoms with Gasteiger partial charge in [-0.15, -0.1) is 0 Å². The second-order valence-corrected chi connectivity index (χ2v) is 8.76. The van der Waals surface area contributed by atoms with Gasteiger partial charge < -0.3 is 10.4 Å². The highest BCUT2D eigenvalue weighted by Gasteiger charge is 2.32. The molecule has 0 saturated heterocycles. The normalized spacial score (nSPS) is 13.4. The van der Waals surface area contributed by atoms with Crippen LogP contribution in [0.4, 0.5) is 0 Å². The molecule has 22 heavy (non-hydrogen) atoms. The maximum Gasteiger partial charge on any atom is 0.326 e. The molecule has 0 aromatic heterocycles. The van der Waals surface area contributed by atoms with Crippen molar-refractivity contribution in [2.75, 3.05) is 5.75 Å². The van der Waals surface area contributed by atoms with Crippen LogP contribution in [0.5, 0.6) is 0 Å². The largest absolute Gasteiger partial charge is 0.480 e. The van der Waals surface area contributed by atoms with E-state index in [4.69, 9.17) is 0 Å². The molecule has 0 bridgehead atoms. The van der Waals surface area contributed by atoms with Crippen molar-refractivity contribution < 1.29 is 23.1 Å². The molecule has 122 valence electrons. The van der Waals surface area contributed by atoms with E-state index in [1.165, 1.54) is 20.8 Å². The Kier molecular flexibility index (Phi) is 5.71. The number of sulfone groups is 1. The Balaban J connectivity index is 2.76. The van der Waals surface area contributed by atoms with Gasteiger partial charge >= 0.3 is 5.97 Å². The lowest BCUT2D eigenvalue weighted by Crippen LogP contribution is -2.46. The summed E-state index contributed by atoms with van der Waals surface area (Å²) in [7, 11) is -3.65. The molecule has 0 unspecified atom stereocenters. The quantitative estimate of drug-likeness (QED) is 0.812. The Labute approximate surface area is 130 Å². The molecule has 0 aliphatic heterocycles. The van der Waals surface area contributed by atoms with Crippen molar-refractivity contribution in [2.24, 2.45) is 0 Å². The minimum absolute atomic E-state index is 0.0947. The Morgan fingerprint density at radius 2 is 1.73 bits per heavy atom. The highest BCUT2D eigenvalue weighted by molar-refractivity contribution is 7.93. The van der Waals surface area contributed by atoms with Gasteiger partial charge in [-0.2, -0.15) is 0 Å². The van der Waals surface area contributed by atoms with Crippen LogP contribution in [0.3, 0.4) is 0 Å². The summed E-state index contributed by atoms with van der Waals surface area (Å²) in [6, 6.07) is 7.65. The van der Waals surface area contributed by atoms with E-state index < -0.39 is 38.3 Å². The fourth-order valence-corrected chi connectivity index (χ4v) is 2.54. The Morgan fingerprint density at radius 3 is 2.18 bits per heavy atom. The Hall–Kier alpha value is -1.89.